The number of aromatic nitrogens is 2. The highest BCUT2D eigenvalue weighted by Gasteiger charge is 2.32. The average Bonchev–Trinajstić information content (AvgIpc) is 3.37. The van der Waals surface area contributed by atoms with Crippen LogP contribution in [0.25, 0.3) is 11.1 Å². The van der Waals surface area contributed by atoms with Crippen LogP contribution in [-0.4, -0.2) is 62.4 Å². The number of H-pyrrole nitrogens is 1. The number of nitrogens with one attached hydrogen (secondary N) is 3. The topological polar surface area (TPSA) is 118 Å². The van der Waals surface area contributed by atoms with Crippen molar-refractivity contribution in [1.82, 2.24) is 15.3 Å². The summed E-state index contributed by atoms with van der Waals surface area (Å²) in [7, 11) is 3.36. The zero-order valence-electron chi connectivity index (χ0n) is 19.9. The minimum absolute atomic E-state index is 0.0568. The molecule has 0 saturated carbocycles. The summed E-state index contributed by atoms with van der Waals surface area (Å²) >= 11 is 0. The zero-order chi connectivity index (χ0) is 26.6. The smallest absolute Gasteiger partial charge is 0.405 e. The number of carbonyl (C=O) groups is 1. The molecule has 0 radical (unpaired) electrons. The lowest BCUT2D eigenvalue weighted by molar-refractivity contribution is -0.274. The normalized spacial score (nSPS) is 13.9. The first kappa shape index (κ1) is 26.0. The Bertz CT molecular complexity index is 1320. The van der Waals surface area contributed by atoms with Crippen molar-refractivity contribution < 1.29 is 32.2 Å². The first-order chi connectivity index (χ1) is 17.6. The van der Waals surface area contributed by atoms with Crippen molar-refractivity contribution in [3.63, 3.8) is 0 Å². The average molecular weight is 519 g/mol. The maximum Gasteiger partial charge on any atom is 0.573 e. The lowest BCUT2D eigenvalue weighted by Gasteiger charge is -2.21. The van der Waals surface area contributed by atoms with E-state index in [0.29, 0.717) is 30.4 Å². The number of pyridine rings is 2. The first-order valence-electron chi connectivity index (χ1n) is 11.1. The van der Waals surface area contributed by atoms with E-state index < -0.39 is 29.9 Å². The second-order valence-corrected chi connectivity index (χ2v) is 8.14. The number of anilines is 3. The van der Waals surface area contributed by atoms with Crippen molar-refractivity contribution in [2.45, 2.75) is 12.7 Å². The monoisotopic (exact) mass is 519 g/mol. The molecule has 2 aromatic heterocycles. The summed E-state index contributed by atoms with van der Waals surface area (Å²) < 4.78 is 53.7. The fourth-order valence-corrected chi connectivity index (χ4v) is 3.70. The van der Waals surface area contributed by atoms with Crippen molar-refractivity contribution in [1.29, 1.82) is 0 Å². The third-order valence-corrected chi connectivity index (χ3v) is 5.33. The van der Waals surface area contributed by atoms with Crippen LogP contribution in [0.1, 0.15) is 10.4 Å². The molecule has 1 amide bonds. The van der Waals surface area contributed by atoms with Gasteiger partial charge in [0.1, 0.15) is 11.6 Å². The van der Waals surface area contributed by atoms with Crippen molar-refractivity contribution in [3.8, 4) is 16.9 Å². The molecule has 196 valence electrons. The van der Waals surface area contributed by atoms with Crippen LogP contribution < -0.4 is 25.8 Å². The number of para-hydroxylation sites is 1. The third-order valence-electron chi connectivity index (χ3n) is 5.33. The molecule has 3 N–H and O–H groups in total. The van der Waals surface area contributed by atoms with Gasteiger partial charge < -0.3 is 34.7 Å². The molecule has 0 aliphatic carbocycles. The Kier molecular flexibility index (Phi) is 7.64. The van der Waals surface area contributed by atoms with Crippen LogP contribution in [-0.2, 0) is 9.47 Å². The van der Waals surface area contributed by atoms with Gasteiger partial charge in [-0.05, 0) is 18.2 Å². The molecule has 1 aliphatic rings. The van der Waals surface area contributed by atoms with Gasteiger partial charge in [0.15, 0.2) is 6.29 Å². The molecule has 0 bridgehead atoms. The number of amides is 1. The first-order valence-corrected chi connectivity index (χ1v) is 11.1. The van der Waals surface area contributed by atoms with Gasteiger partial charge in [-0.25, -0.2) is 0 Å². The molecular weight excluding hydrogens is 495 g/mol. The molecule has 0 spiro atoms. The van der Waals surface area contributed by atoms with Gasteiger partial charge in [-0.1, -0.05) is 18.2 Å². The van der Waals surface area contributed by atoms with Crippen molar-refractivity contribution in [3.05, 3.63) is 64.7 Å². The van der Waals surface area contributed by atoms with E-state index in [9.17, 15) is 22.8 Å². The van der Waals surface area contributed by atoms with E-state index in [2.05, 4.69) is 25.3 Å². The number of benzene rings is 1. The van der Waals surface area contributed by atoms with Gasteiger partial charge in [0, 0.05) is 32.1 Å². The van der Waals surface area contributed by atoms with Gasteiger partial charge in [0.05, 0.1) is 42.3 Å². The highest BCUT2D eigenvalue weighted by atomic mass is 19.4. The van der Waals surface area contributed by atoms with Gasteiger partial charge in [0.25, 0.3) is 11.5 Å². The van der Waals surface area contributed by atoms with Gasteiger partial charge in [-0.3, -0.25) is 14.6 Å². The molecule has 13 heteroatoms. The van der Waals surface area contributed by atoms with Crippen LogP contribution in [0.5, 0.6) is 5.75 Å². The number of hydrogen-bond donors (Lipinski definition) is 3. The zero-order valence-corrected chi connectivity index (χ0v) is 19.9. The number of nitrogens with zero attached hydrogens (tertiary/aromatic N) is 2. The highest BCUT2D eigenvalue weighted by Crippen LogP contribution is 2.35. The molecule has 1 fully saturated rings. The van der Waals surface area contributed by atoms with E-state index in [1.54, 1.807) is 25.1 Å². The van der Waals surface area contributed by atoms with E-state index in [1.165, 1.54) is 36.7 Å². The van der Waals surface area contributed by atoms with Crippen molar-refractivity contribution in [2.75, 3.05) is 44.1 Å². The number of halogens is 3. The standard InChI is InChI=1S/C24H24F3N5O5/c1-32(2)21-18(11-15(23(34)31-21)14-5-3-4-6-19(14)37-24(25,26)27)30-17-7-8-28-12-16(17)22(33)29-13-20-35-9-10-36-20/h3-8,11-12,20H,9-10,13H2,1-2H3,(H,28,30)(H,29,33)(H,31,34). The second kappa shape index (κ2) is 10.9. The maximum atomic E-state index is 13.0. The number of ether oxygens (including phenoxy) is 3. The van der Waals surface area contributed by atoms with E-state index >= 15 is 0 Å². The summed E-state index contributed by atoms with van der Waals surface area (Å²) in [5, 5.41) is 5.82. The Morgan fingerprint density at radius 2 is 1.89 bits per heavy atom. The molecule has 4 rings (SSSR count). The summed E-state index contributed by atoms with van der Waals surface area (Å²) in [4.78, 5) is 34.1. The summed E-state index contributed by atoms with van der Waals surface area (Å²) in [6.45, 7) is 1.02. The van der Waals surface area contributed by atoms with Crippen molar-refractivity contribution >= 4 is 23.1 Å². The Morgan fingerprint density at radius 1 is 1.16 bits per heavy atom. The van der Waals surface area contributed by atoms with Crippen LogP contribution >= 0.6 is 0 Å². The van der Waals surface area contributed by atoms with Crippen molar-refractivity contribution in [2.24, 2.45) is 0 Å². The summed E-state index contributed by atoms with van der Waals surface area (Å²) in [5.74, 6) is -0.641. The molecule has 37 heavy (non-hydrogen) atoms. The van der Waals surface area contributed by atoms with Crippen LogP contribution in [0.3, 0.4) is 0 Å². The molecule has 10 nitrogen and oxygen atoms in total. The van der Waals surface area contributed by atoms with E-state index in [0.717, 1.165) is 6.07 Å². The Hall–Kier alpha value is -4.10. The van der Waals surface area contributed by atoms with Crippen LogP contribution in [0, 0.1) is 0 Å². The number of aromatic amines is 1. The Labute approximate surface area is 209 Å². The van der Waals surface area contributed by atoms with Gasteiger partial charge in [-0.2, -0.15) is 0 Å². The number of rotatable bonds is 8. The van der Waals surface area contributed by atoms with Crippen LogP contribution in [0.2, 0.25) is 0 Å². The van der Waals surface area contributed by atoms with E-state index in [1.807, 2.05) is 0 Å². The number of alkyl halides is 3. The molecule has 0 atom stereocenters. The summed E-state index contributed by atoms with van der Waals surface area (Å²) in [6, 6.07) is 8.29. The van der Waals surface area contributed by atoms with E-state index in [4.69, 9.17) is 9.47 Å². The predicted octanol–water partition coefficient (Wildman–Crippen LogP) is 3.25. The summed E-state index contributed by atoms with van der Waals surface area (Å²) in [5.41, 5.74) is 0.114. The van der Waals surface area contributed by atoms with Crippen LogP contribution in [0.15, 0.2) is 53.6 Å². The fourth-order valence-electron chi connectivity index (χ4n) is 3.70. The number of hydrogen-bond acceptors (Lipinski definition) is 8. The number of carbonyl (C=O) groups excluding carboxylic acids is 1. The lowest BCUT2D eigenvalue weighted by Crippen LogP contribution is -2.33. The quantitative estimate of drug-likeness (QED) is 0.415. The fraction of sp³-hybridized carbons (Fsp3) is 0.292. The Morgan fingerprint density at radius 3 is 2.59 bits per heavy atom. The van der Waals surface area contributed by atoms with Crippen LogP contribution in [0.4, 0.5) is 30.4 Å². The molecule has 1 aliphatic heterocycles. The highest BCUT2D eigenvalue weighted by molar-refractivity contribution is 6.00. The van der Waals surface area contributed by atoms with Gasteiger partial charge in [0.2, 0.25) is 0 Å². The molecule has 3 heterocycles. The maximum absolute atomic E-state index is 13.0. The lowest BCUT2D eigenvalue weighted by atomic mass is 10.1. The second-order valence-electron chi connectivity index (χ2n) is 8.14. The van der Waals surface area contributed by atoms with Gasteiger partial charge >= 0.3 is 6.36 Å². The minimum atomic E-state index is -4.94. The molecule has 0 unspecified atom stereocenters. The predicted molar refractivity (Wildman–Crippen MR) is 129 cm³/mol. The molecular formula is C24H24F3N5O5. The van der Waals surface area contributed by atoms with Gasteiger partial charge in [-0.15, -0.1) is 13.2 Å². The molecule has 1 saturated heterocycles. The summed E-state index contributed by atoms with van der Waals surface area (Å²) in [6.07, 6.45) is -2.65. The SMILES string of the molecule is CN(C)c1[nH]c(=O)c(-c2ccccc2OC(F)(F)F)cc1Nc1ccncc1C(=O)NCC1OCCO1. The largest absolute Gasteiger partial charge is 0.573 e. The Balaban J connectivity index is 1.70. The van der Waals surface area contributed by atoms with E-state index in [-0.39, 0.29) is 23.2 Å². The molecule has 1 aromatic carbocycles. The third kappa shape index (κ3) is 6.37. The molecule has 3 aromatic rings. The minimum Gasteiger partial charge on any atom is -0.405 e.